The van der Waals surface area contributed by atoms with E-state index in [1.54, 1.807) is 13.8 Å². The molecule has 4 atom stereocenters. The Morgan fingerprint density at radius 2 is 1.53 bits per heavy atom. The highest BCUT2D eigenvalue weighted by Gasteiger charge is 2.65. The molecule has 0 N–H and O–H groups in total. The van der Waals surface area contributed by atoms with E-state index in [4.69, 9.17) is 30.2 Å². The SMILES string of the molecule is CC1(C)OC2[C@H](O[C@H](CO[Si](c3ccccc3)(c3ccccc3)C(C)(C)C)C2(Cl)N=O)O1. The van der Waals surface area contributed by atoms with Gasteiger partial charge in [0.05, 0.1) is 6.61 Å². The van der Waals surface area contributed by atoms with Gasteiger partial charge in [0.25, 0.3) is 8.32 Å². The minimum atomic E-state index is -2.82. The molecule has 172 valence electrons. The van der Waals surface area contributed by atoms with Crippen LogP contribution in [0.25, 0.3) is 0 Å². The first-order chi connectivity index (χ1) is 15.0. The van der Waals surface area contributed by atoms with Crippen molar-refractivity contribution in [3.8, 4) is 0 Å². The Labute approximate surface area is 195 Å². The monoisotopic (exact) mass is 475 g/mol. The Balaban J connectivity index is 1.71. The van der Waals surface area contributed by atoms with Crippen molar-refractivity contribution in [3.05, 3.63) is 65.6 Å². The molecule has 0 radical (unpaired) electrons. The molecule has 2 aromatic carbocycles. The predicted molar refractivity (Wildman–Crippen MR) is 127 cm³/mol. The van der Waals surface area contributed by atoms with Crippen LogP contribution in [0, 0.1) is 4.91 Å². The van der Waals surface area contributed by atoms with E-state index in [-0.39, 0.29) is 11.6 Å². The van der Waals surface area contributed by atoms with E-state index in [2.05, 4.69) is 50.2 Å². The van der Waals surface area contributed by atoms with Crippen molar-refractivity contribution in [3.63, 3.8) is 0 Å². The number of halogens is 1. The Morgan fingerprint density at radius 1 is 1.00 bits per heavy atom. The molecule has 2 saturated heterocycles. The number of rotatable bonds is 6. The molecule has 2 heterocycles. The first-order valence-corrected chi connectivity index (χ1v) is 13.1. The summed E-state index contributed by atoms with van der Waals surface area (Å²) in [5.74, 6) is -0.899. The van der Waals surface area contributed by atoms with Gasteiger partial charge in [-0.1, -0.05) is 93.0 Å². The fraction of sp³-hybridized carbons (Fsp3) is 0.500. The molecular weight excluding hydrogens is 446 g/mol. The van der Waals surface area contributed by atoms with E-state index >= 15 is 0 Å². The van der Waals surface area contributed by atoms with Crippen LogP contribution in [0.2, 0.25) is 5.04 Å². The van der Waals surface area contributed by atoms with E-state index in [0.717, 1.165) is 10.4 Å². The summed E-state index contributed by atoms with van der Waals surface area (Å²) in [4.78, 5) is 10.3. The number of nitroso groups, excluding NO2 is 1. The molecule has 4 rings (SSSR count). The van der Waals surface area contributed by atoms with Gasteiger partial charge in [0.2, 0.25) is 5.00 Å². The van der Waals surface area contributed by atoms with Crippen LogP contribution in [-0.2, 0) is 18.6 Å². The van der Waals surface area contributed by atoms with Crippen molar-refractivity contribution >= 4 is 30.3 Å². The maximum Gasteiger partial charge on any atom is 0.261 e. The highest BCUT2D eigenvalue weighted by Crippen LogP contribution is 2.48. The van der Waals surface area contributed by atoms with Gasteiger partial charge in [0, 0.05) is 0 Å². The number of hydrogen-bond donors (Lipinski definition) is 0. The molecule has 6 nitrogen and oxygen atoms in total. The summed E-state index contributed by atoms with van der Waals surface area (Å²) in [7, 11) is -2.82. The molecule has 0 bridgehead atoms. The standard InChI is InChI=1S/C24H30ClNO5Si/c1-22(2,3)32(17-12-8-6-9-13-17,18-14-10-7-11-15-18)28-16-19-24(25,26-27)20-21(29-19)31-23(4,5)30-20/h6-15,19-21H,16H2,1-5H3/t19-,20?,21-,24?/m1/s1. The van der Waals surface area contributed by atoms with Gasteiger partial charge in [-0.25, -0.2) is 0 Å². The number of ether oxygens (including phenoxy) is 3. The average Bonchev–Trinajstić information content (AvgIpc) is 3.19. The van der Waals surface area contributed by atoms with Crippen LogP contribution in [0.4, 0.5) is 0 Å². The predicted octanol–water partition coefficient (Wildman–Crippen LogP) is 4.14. The summed E-state index contributed by atoms with van der Waals surface area (Å²) in [5, 5.41) is 5.28. The van der Waals surface area contributed by atoms with Crippen LogP contribution in [0.1, 0.15) is 34.6 Å². The zero-order chi connectivity index (χ0) is 23.2. The summed E-state index contributed by atoms with van der Waals surface area (Å²) in [6.45, 7) is 10.1. The fourth-order valence-corrected chi connectivity index (χ4v) is 9.59. The van der Waals surface area contributed by atoms with E-state index in [1.165, 1.54) is 0 Å². The largest absolute Gasteiger partial charge is 0.405 e. The normalized spacial score (nSPS) is 29.6. The molecule has 0 aromatic heterocycles. The minimum absolute atomic E-state index is 0.0860. The quantitative estimate of drug-likeness (QED) is 0.272. The average molecular weight is 476 g/mol. The molecule has 2 aliphatic heterocycles. The zero-order valence-electron chi connectivity index (χ0n) is 19.1. The lowest BCUT2D eigenvalue weighted by atomic mass is 10.1. The summed E-state index contributed by atoms with van der Waals surface area (Å²) >= 11 is 6.71. The summed E-state index contributed by atoms with van der Waals surface area (Å²) in [6, 6.07) is 20.5. The van der Waals surface area contributed by atoms with Crippen molar-refractivity contribution in [2.75, 3.05) is 6.61 Å². The highest BCUT2D eigenvalue weighted by atomic mass is 35.5. The third-order valence-corrected chi connectivity index (χ3v) is 11.7. The first kappa shape index (κ1) is 23.5. The molecule has 32 heavy (non-hydrogen) atoms. The topological polar surface area (TPSA) is 66.3 Å². The molecular formula is C24H30ClNO5Si. The lowest BCUT2D eigenvalue weighted by Gasteiger charge is -2.44. The van der Waals surface area contributed by atoms with E-state index in [0.29, 0.717) is 0 Å². The zero-order valence-corrected chi connectivity index (χ0v) is 20.8. The maximum absolute atomic E-state index is 11.9. The smallest absolute Gasteiger partial charge is 0.261 e. The van der Waals surface area contributed by atoms with E-state index < -0.39 is 37.6 Å². The number of fused-ring (bicyclic) bond motifs is 1. The third-order valence-electron chi connectivity index (χ3n) is 6.21. The van der Waals surface area contributed by atoms with Gasteiger partial charge in [-0.3, -0.25) is 0 Å². The van der Waals surface area contributed by atoms with E-state index in [1.807, 2.05) is 36.4 Å². The lowest BCUT2D eigenvalue weighted by Crippen LogP contribution is -2.67. The summed E-state index contributed by atoms with van der Waals surface area (Å²) < 4.78 is 24.6. The van der Waals surface area contributed by atoms with Crippen LogP contribution >= 0.6 is 11.6 Å². The molecule has 2 unspecified atom stereocenters. The number of nitrogens with zero attached hydrogens (tertiary/aromatic N) is 1. The van der Waals surface area contributed by atoms with Gasteiger partial charge >= 0.3 is 0 Å². The van der Waals surface area contributed by atoms with Crippen molar-refractivity contribution in [1.82, 2.24) is 0 Å². The van der Waals surface area contributed by atoms with Crippen LogP contribution in [0.15, 0.2) is 65.8 Å². The number of benzene rings is 2. The number of alkyl halides is 1. The maximum atomic E-state index is 11.9. The molecule has 8 heteroatoms. The minimum Gasteiger partial charge on any atom is -0.405 e. The first-order valence-electron chi connectivity index (χ1n) is 10.8. The van der Waals surface area contributed by atoms with Gasteiger partial charge in [0.15, 0.2) is 18.2 Å². The molecule has 0 spiro atoms. The Bertz CT molecular complexity index is 912. The second kappa shape index (κ2) is 8.31. The highest BCUT2D eigenvalue weighted by molar-refractivity contribution is 6.99. The van der Waals surface area contributed by atoms with Crippen molar-refractivity contribution in [1.29, 1.82) is 0 Å². The second-order valence-corrected chi connectivity index (χ2v) is 14.8. The van der Waals surface area contributed by atoms with Crippen LogP contribution in [-0.4, -0.2) is 44.2 Å². The van der Waals surface area contributed by atoms with E-state index in [9.17, 15) is 4.91 Å². The molecule has 0 amide bonds. The molecule has 2 fully saturated rings. The second-order valence-electron chi connectivity index (χ2n) is 9.84. The van der Waals surface area contributed by atoms with Crippen LogP contribution in [0.5, 0.6) is 0 Å². The molecule has 0 aliphatic carbocycles. The molecule has 0 saturated carbocycles. The number of hydrogen-bond acceptors (Lipinski definition) is 6. The van der Waals surface area contributed by atoms with Gasteiger partial charge < -0.3 is 18.6 Å². The Morgan fingerprint density at radius 3 is 2.00 bits per heavy atom. The molecule has 2 aromatic rings. The summed E-state index contributed by atoms with van der Waals surface area (Å²) in [5.41, 5.74) is 0. The molecule has 2 aliphatic rings. The third kappa shape index (κ3) is 3.85. The fourth-order valence-electron chi connectivity index (χ4n) is 4.77. The van der Waals surface area contributed by atoms with Gasteiger partial charge in [-0.15, -0.1) is 4.91 Å². The lowest BCUT2D eigenvalue weighted by molar-refractivity contribution is -0.210. The van der Waals surface area contributed by atoms with Crippen molar-refractivity contribution < 1.29 is 18.6 Å². The Kier molecular flexibility index (Phi) is 6.11. The van der Waals surface area contributed by atoms with Gasteiger partial charge in [0.1, 0.15) is 6.10 Å². The van der Waals surface area contributed by atoms with Crippen molar-refractivity contribution in [2.45, 2.75) is 68.9 Å². The van der Waals surface area contributed by atoms with Crippen LogP contribution in [0.3, 0.4) is 0 Å². The van der Waals surface area contributed by atoms with Crippen molar-refractivity contribution in [2.24, 2.45) is 5.18 Å². The van der Waals surface area contributed by atoms with Gasteiger partial charge in [-0.05, 0) is 34.4 Å². The van der Waals surface area contributed by atoms with Crippen LogP contribution < -0.4 is 10.4 Å². The van der Waals surface area contributed by atoms with Gasteiger partial charge in [-0.2, -0.15) is 0 Å². The Hall–Kier alpha value is -1.61. The summed E-state index contributed by atoms with van der Waals surface area (Å²) in [6.07, 6.45) is -2.38.